The van der Waals surface area contributed by atoms with E-state index in [1.807, 2.05) is 18.2 Å². The van der Waals surface area contributed by atoms with Gasteiger partial charge in [0, 0.05) is 43.9 Å². The van der Waals surface area contributed by atoms with Crippen LogP contribution in [0, 0.1) is 0 Å². The summed E-state index contributed by atoms with van der Waals surface area (Å²) in [6.07, 6.45) is 8.19. The van der Waals surface area contributed by atoms with Crippen molar-refractivity contribution in [2.45, 2.75) is 38.1 Å². The molecule has 0 bridgehead atoms. The fraction of sp³-hybridized carbons (Fsp3) is 0.476. The second kappa shape index (κ2) is 8.65. The lowest BCUT2D eigenvalue weighted by molar-refractivity contribution is 0.354. The van der Waals surface area contributed by atoms with Gasteiger partial charge in [-0.15, -0.1) is 0 Å². The number of anilines is 1. The minimum Gasteiger partial charge on any atom is -0.360 e. The molecule has 0 amide bonds. The van der Waals surface area contributed by atoms with Gasteiger partial charge in [0.15, 0.2) is 5.11 Å². The molecular formula is C21H27N5S. The van der Waals surface area contributed by atoms with Crippen molar-refractivity contribution >= 4 is 23.1 Å². The summed E-state index contributed by atoms with van der Waals surface area (Å²) in [5, 5.41) is 4.51. The summed E-state index contributed by atoms with van der Waals surface area (Å²) in [6, 6.07) is 12.9. The average Bonchev–Trinajstić information content (AvgIpc) is 2.75. The maximum atomic E-state index is 5.67. The van der Waals surface area contributed by atoms with E-state index >= 15 is 0 Å². The van der Waals surface area contributed by atoms with Crippen LogP contribution in [0.15, 0.2) is 42.7 Å². The van der Waals surface area contributed by atoms with Crippen molar-refractivity contribution in [2.24, 2.45) is 0 Å². The number of rotatable bonds is 3. The Balaban J connectivity index is 1.34. The van der Waals surface area contributed by atoms with Gasteiger partial charge in [-0.05, 0) is 25.1 Å². The summed E-state index contributed by atoms with van der Waals surface area (Å²) >= 11 is 5.67. The van der Waals surface area contributed by atoms with Gasteiger partial charge < -0.3 is 15.1 Å². The molecule has 0 radical (unpaired) electrons. The van der Waals surface area contributed by atoms with Gasteiger partial charge in [-0.25, -0.2) is 9.97 Å². The first-order chi connectivity index (χ1) is 13.3. The number of benzene rings is 1. The Morgan fingerprint density at radius 2 is 1.70 bits per heavy atom. The zero-order chi connectivity index (χ0) is 18.5. The Bertz CT molecular complexity index is 752. The van der Waals surface area contributed by atoms with Gasteiger partial charge >= 0.3 is 0 Å². The van der Waals surface area contributed by atoms with Crippen molar-refractivity contribution in [3.63, 3.8) is 0 Å². The van der Waals surface area contributed by atoms with Crippen LogP contribution in [-0.2, 0) is 0 Å². The van der Waals surface area contributed by atoms with Crippen molar-refractivity contribution in [3.05, 3.63) is 42.7 Å². The predicted molar refractivity (Wildman–Crippen MR) is 114 cm³/mol. The molecular weight excluding hydrogens is 354 g/mol. The van der Waals surface area contributed by atoms with Gasteiger partial charge in [0.1, 0.15) is 12.1 Å². The van der Waals surface area contributed by atoms with Crippen molar-refractivity contribution in [1.29, 1.82) is 0 Å². The molecule has 0 atom stereocenters. The number of thiocarbonyl (C=S) groups is 1. The molecule has 1 aromatic carbocycles. The van der Waals surface area contributed by atoms with E-state index in [0.717, 1.165) is 48.4 Å². The van der Waals surface area contributed by atoms with Crippen LogP contribution in [0.4, 0.5) is 5.82 Å². The van der Waals surface area contributed by atoms with Crippen molar-refractivity contribution in [1.82, 2.24) is 20.2 Å². The summed E-state index contributed by atoms with van der Waals surface area (Å²) in [6.45, 7) is 3.72. The smallest absolute Gasteiger partial charge is 0.169 e. The monoisotopic (exact) mass is 381 g/mol. The van der Waals surface area contributed by atoms with Crippen LogP contribution in [0.1, 0.15) is 32.1 Å². The highest BCUT2D eigenvalue weighted by molar-refractivity contribution is 7.80. The van der Waals surface area contributed by atoms with Crippen LogP contribution in [-0.4, -0.2) is 52.2 Å². The lowest BCUT2D eigenvalue weighted by atomic mass is 9.96. The quantitative estimate of drug-likeness (QED) is 0.822. The highest BCUT2D eigenvalue weighted by atomic mass is 32.1. The normalized spacial score (nSPS) is 18.4. The van der Waals surface area contributed by atoms with E-state index in [-0.39, 0.29) is 0 Å². The molecule has 142 valence electrons. The molecule has 1 N–H and O–H groups in total. The van der Waals surface area contributed by atoms with Crippen LogP contribution in [0.5, 0.6) is 0 Å². The van der Waals surface area contributed by atoms with Crippen molar-refractivity contribution in [2.75, 3.05) is 31.1 Å². The lowest BCUT2D eigenvalue weighted by Gasteiger charge is -2.38. The summed E-state index contributed by atoms with van der Waals surface area (Å²) < 4.78 is 0. The van der Waals surface area contributed by atoms with Crippen molar-refractivity contribution < 1.29 is 0 Å². The molecule has 2 aromatic rings. The fourth-order valence-electron chi connectivity index (χ4n) is 3.94. The first-order valence-electron chi connectivity index (χ1n) is 9.97. The van der Waals surface area contributed by atoms with E-state index in [1.165, 1.54) is 32.1 Å². The van der Waals surface area contributed by atoms with E-state index in [1.54, 1.807) is 6.33 Å². The van der Waals surface area contributed by atoms with Crippen LogP contribution in [0.3, 0.4) is 0 Å². The highest BCUT2D eigenvalue weighted by Crippen LogP contribution is 2.22. The summed E-state index contributed by atoms with van der Waals surface area (Å²) in [7, 11) is 0. The van der Waals surface area contributed by atoms with Crippen LogP contribution < -0.4 is 10.2 Å². The van der Waals surface area contributed by atoms with Gasteiger partial charge in [-0.2, -0.15) is 0 Å². The number of aromatic nitrogens is 2. The molecule has 6 heteroatoms. The topological polar surface area (TPSA) is 44.3 Å². The van der Waals surface area contributed by atoms with Crippen LogP contribution in [0.25, 0.3) is 11.3 Å². The SMILES string of the molecule is S=C(NC1CCCCC1)N1CCN(c2cc(-c3ccccc3)ncn2)CC1. The second-order valence-electron chi connectivity index (χ2n) is 7.39. The largest absolute Gasteiger partial charge is 0.360 e. The maximum Gasteiger partial charge on any atom is 0.169 e. The maximum absolute atomic E-state index is 5.67. The third-order valence-electron chi connectivity index (χ3n) is 5.55. The number of nitrogens with one attached hydrogen (secondary N) is 1. The van der Waals surface area contributed by atoms with Gasteiger partial charge in [-0.1, -0.05) is 49.6 Å². The van der Waals surface area contributed by atoms with E-state index < -0.39 is 0 Å². The van der Waals surface area contributed by atoms with Gasteiger partial charge in [0.2, 0.25) is 0 Å². The minimum atomic E-state index is 0.569. The number of hydrogen-bond acceptors (Lipinski definition) is 4. The summed E-state index contributed by atoms with van der Waals surface area (Å²) in [4.78, 5) is 13.6. The molecule has 4 rings (SSSR count). The third-order valence-corrected chi connectivity index (χ3v) is 5.92. The molecule has 2 aliphatic rings. The Labute approximate surface area is 166 Å². The molecule has 27 heavy (non-hydrogen) atoms. The Kier molecular flexibility index (Phi) is 5.82. The molecule has 2 fully saturated rings. The first-order valence-corrected chi connectivity index (χ1v) is 10.4. The fourth-order valence-corrected chi connectivity index (χ4v) is 4.29. The molecule has 1 aliphatic carbocycles. The van der Waals surface area contributed by atoms with Crippen LogP contribution >= 0.6 is 12.2 Å². The molecule has 5 nitrogen and oxygen atoms in total. The summed E-state index contributed by atoms with van der Waals surface area (Å²) in [5.74, 6) is 0.995. The first kappa shape index (κ1) is 18.2. The van der Waals surface area contributed by atoms with Crippen LogP contribution in [0.2, 0.25) is 0 Å². The van der Waals surface area contributed by atoms with E-state index in [2.05, 4.69) is 43.3 Å². The number of hydrogen-bond donors (Lipinski definition) is 1. The van der Waals surface area contributed by atoms with Crippen molar-refractivity contribution in [3.8, 4) is 11.3 Å². The Morgan fingerprint density at radius 3 is 2.44 bits per heavy atom. The summed E-state index contributed by atoms with van der Waals surface area (Å²) in [5.41, 5.74) is 2.09. The standard InChI is InChI=1S/C21H27N5S/c27-21(24-18-9-5-2-6-10-18)26-13-11-25(12-14-26)20-15-19(22-16-23-20)17-7-3-1-4-8-17/h1,3-4,7-8,15-16,18H,2,5-6,9-14H2,(H,24,27). The molecule has 1 aromatic heterocycles. The molecule has 0 spiro atoms. The lowest BCUT2D eigenvalue weighted by Crippen LogP contribution is -2.53. The molecule has 1 aliphatic heterocycles. The zero-order valence-electron chi connectivity index (χ0n) is 15.7. The second-order valence-corrected chi connectivity index (χ2v) is 7.77. The molecule has 0 unspecified atom stereocenters. The van der Waals surface area contributed by atoms with Gasteiger partial charge in [0.05, 0.1) is 5.69 Å². The Hall–Kier alpha value is -2.21. The predicted octanol–water partition coefficient (Wildman–Crippen LogP) is 3.47. The number of piperazine rings is 1. The van der Waals surface area contributed by atoms with Gasteiger partial charge in [-0.3, -0.25) is 0 Å². The average molecular weight is 382 g/mol. The third kappa shape index (κ3) is 4.56. The van der Waals surface area contributed by atoms with E-state index in [4.69, 9.17) is 12.2 Å². The molecule has 2 heterocycles. The molecule has 1 saturated heterocycles. The zero-order valence-corrected chi connectivity index (χ0v) is 16.5. The number of nitrogens with zero attached hydrogens (tertiary/aromatic N) is 4. The highest BCUT2D eigenvalue weighted by Gasteiger charge is 2.22. The molecule has 1 saturated carbocycles. The van der Waals surface area contributed by atoms with E-state index in [9.17, 15) is 0 Å². The Morgan fingerprint density at radius 1 is 0.963 bits per heavy atom. The van der Waals surface area contributed by atoms with E-state index in [0.29, 0.717) is 6.04 Å². The minimum absolute atomic E-state index is 0.569. The van der Waals surface area contributed by atoms with Gasteiger partial charge in [0.25, 0.3) is 0 Å².